The van der Waals surface area contributed by atoms with Crippen molar-refractivity contribution in [1.29, 1.82) is 5.26 Å². The third kappa shape index (κ3) is 4.27. The quantitative estimate of drug-likeness (QED) is 0.531. The molecule has 6 heteroatoms. The van der Waals surface area contributed by atoms with Gasteiger partial charge >= 0.3 is 0 Å². The molecule has 0 atom stereocenters. The first kappa shape index (κ1) is 18.5. The van der Waals surface area contributed by atoms with E-state index in [1.54, 1.807) is 24.5 Å². The standard InChI is InChI=1S/C21H18N4OS/c1-13-7-15(3)18(8-14(13)2)19-12-27-21(24-19)25-20(26)17(10-22)9-16-5-4-6-23-11-16/h4-9,11-12H,1-3H3,(H,24,25,26)/b17-9+. The zero-order valence-electron chi connectivity index (χ0n) is 15.3. The number of anilines is 1. The molecule has 3 rings (SSSR count). The van der Waals surface area contributed by atoms with Gasteiger partial charge in [-0.25, -0.2) is 4.98 Å². The number of hydrogen-bond acceptors (Lipinski definition) is 5. The van der Waals surface area contributed by atoms with Crippen LogP contribution in [0.1, 0.15) is 22.3 Å². The van der Waals surface area contributed by atoms with Gasteiger partial charge < -0.3 is 0 Å². The highest BCUT2D eigenvalue weighted by molar-refractivity contribution is 7.14. The molecule has 27 heavy (non-hydrogen) atoms. The molecule has 1 amide bonds. The first-order valence-corrected chi connectivity index (χ1v) is 9.23. The monoisotopic (exact) mass is 374 g/mol. The minimum atomic E-state index is -0.487. The molecule has 0 spiro atoms. The van der Waals surface area contributed by atoms with Gasteiger partial charge in [-0.1, -0.05) is 12.1 Å². The highest BCUT2D eigenvalue weighted by Crippen LogP contribution is 2.29. The third-order valence-corrected chi connectivity index (χ3v) is 4.96. The van der Waals surface area contributed by atoms with Crippen LogP contribution in [0.2, 0.25) is 0 Å². The second-order valence-electron chi connectivity index (χ2n) is 6.20. The topological polar surface area (TPSA) is 78.7 Å². The summed E-state index contributed by atoms with van der Waals surface area (Å²) >= 11 is 1.33. The molecule has 0 aliphatic rings. The number of pyridine rings is 1. The lowest BCUT2D eigenvalue weighted by Crippen LogP contribution is -2.13. The summed E-state index contributed by atoms with van der Waals surface area (Å²) in [5, 5.41) is 14.4. The van der Waals surface area contributed by atoms with Crippen molar-refractivity contribution in [2.24, 2.45) is 0 Å². The van der Waals surface area contributed by atoms with E-state index in [1.807, 2.05) is 18.4 Å². The summed E-state index contributed by atoms with van der Waals surface area (Å²) in [6.07, 6.45) is 4.73. The maximum Gasteiger partial charge on any atom is 0.268 e. The highest BCUT2D eigenvalue weighted by atomic mass is 32.1. The Morgan fingerprint density at radius 2 is 2.00 bits per heavy atom. The van der Waals surface area contributed by atoms with Gasteiger partial charge in [0.05, 0.1) is 5.69 Å². The zero-order chi connectivity index (χ0) is 19.4. The van der Waals surface area contributed by atoms with Crippen molar-refractivity contribution in [2.45, 2.75) is 20.8 Å². The van der Waals surface area contributed by atoms with Gasteiger partial charge in [0.15, 0.2) is 5.13 Å². The molecule has 0 fully saturated rings. The SMILES string of the molecule is Cc1cc(C)c(-c2csc(NC(=O)/C(C#N)=C/c3cccnc3)n2)cc1C. The summed E-state index contributed by atoms with van der Waals surface area (Å²) in [6, 6.07) is 9.69. The summed E-state index contributed by atoms with van der Waals surface area (Å²) in [7, 11) is 0. The molecule has 0 aliphatic heterocycles. The molecule has 0 saturated heterocycles. The number of benzene rings is 1. The van der Waals surface area contributed by atoms with E-state index in [2.05, 4.69) is 41.3 Å². The average molecular weight is 374 g/mol. The molecule has 5 nitrogen and oxygen atoms in total. The molecule has 1 aromatic carbocycles. The van der Waals surface area contributed by atoms with Crippen molar-refractivity contribution in [1.82, 2.24) is 9.97 Å². The molecule has 0 bridgehead atoms. The molecule has 2 heterocycles. The summed E-state index contributed by atoms with van der Waals surface area (Å²) < 4.78 is 0. The molecule has 0 aliphatic carbocycles. The van der Waals surface area contributed by atoms with E-state index in [4.69, 9.17) is 0 Å². The van der Waals surface area contributed by atoms with Crippen LogP contribution in [0.5, 0.6) is 0 Å². The van der Waals surface area contributed by atoms with Crippen molar-refractivity contribution in [2.75, 3.05) is 5.32 Å². The van der Waals surface area contributed by atoms with Crippen LogP contribution in [-0.2, 0) is 4.79 Å². The maximum atomic E-state index is 12.4. The first-order valence-electron chi connectivity index (χ1n) is 8.35. The summed E-state index contributed by atoms with van der Waals surface area (Å²) in [4.78, 5) is 20.9. The van der Waals surface area contributed by atoms with Gasteiger partial charge in [-0.15, -0.1) is 11.3 Å². The van der Waals surface area contributed by atoms with Crippen molar-refractivity contribution in [3.8, 4) is 17.3 Å². The van der Waals surface area contributed by atoms with Gasteiger partial charge in [-0.2, -0.15) is 5.26 Å². The molecule has 0 saturated carbocycles. The fourth-order valence-electron chi connectivity index (χ4n) is 2.63. The van der Waals surface area contributed by atoms with Crippen LogP contribution in [0.25, 0.3) is 17.3 Å². The minimum Gasteiger partial charge on any atom is -0.297 e. The normalized spacial score (nSPS) is 11.1. The average Bonchev–Trinajstić information content (AvgIpc) is 3.11. The predicted molar refractivity (Wildman–Crippen MR) is 108 cm³/mol. The molecule has 0 unspecified atom stereocenters. The number of thiazole rings is 1. The van der Waals surface area contributed by atoms with Crippen molar-refractivity contribution >= 4 is 28.5 Å². The molecular weight excluding hydrogens is 356 g/mol. The number of hydrogen-bond donors (Lipinski definition) is 1. The lowest BCUT2D eigenvalue weighted by molar-refractivity contribution is -0.112. The first-order chi connectivity index (χ1) is 13.0. The Balaban J connectivity index is 1.81. The fourth-order valence-corrected chi connectivity index (χ4v) is 3.34. The van der Waals surface area contributed by atoms with Crippen LogP contribution in [0.3, 0.4) is 0 Å². The zero-order valence-corrected chi connectivity index (χ0v) is 16.1. The number of carbonyl (C=O) groups is 1. The minimum absolute atomic E-state index is 0.00195. The Morgan fingerprint density at radius 1 is 1.22 bits per heavy atom. The summed E-state index contributed by atoms with van der Waals surface area (Å²) in [5.74, 6) is -0.487. The van der Waals surface area contributed by atoms with E-state index < -0.39 is 5.91 Å². The summed E-state index contributed by atoms with van der Waals surface area (Å²) in [6.45, 7) is 6.19. The third-order valence-electron chi connectivity index (χ3n) is 4.20. The number of amides is 1. The van der Waals surface area contributed by atoms with Crippen LogP contribution in [0.4, 0.5) is 5.13 Å². The number of nitriles is 1. The number of carbonyl (C=O) groups excluding carboxylic acids is 1. The highest BCUT2D eigenvalue weighted by Gasteiger charge is 2.14. The second kappa shape index (κ2) is 7.94. The Hall–Kier alpha value is -3.30. The molecule has 0 radical (unpaired) electrons. The van der Waals surface area contributed by atoms with E-state index in [9.17, 15) is 10.1 Å². The van der Waals surface area contributed by atoms with Crippen molar-refractivity contribution < 1.29 is 4.79 Å². The van der Waals surface area contributed by atoms with Gasteiger partial charge in [0, 0.05) is 23.3 Å². The van der Waals surface area contributed by atoms with Gasteiger partial charge in [0.2, 0.25) is 0 Å². The van der Waals surface area contributed by atoms with Crippen molar-refractivity contribution in [3.63, 3.8) is 0 Å². The van der Waals surface area contributed by atoms with E-state index >= 15 is 0 Å². The Kier molecular flexibility index (Phi) is 5.43. The Morgan fingerprint density at radius 3 is 2.70 bits per heavy atom. The maximum absolute atomic E-state index is 12.4. The summed E-state index contributed by atoms with van der Waals surface area (Å²) in [5.41, 5.74) is 6.11. The fraction of sp³-hybridized carbons (Fsp3) is 0.143. The predicted octanol–water partition coefficient (Wildman–Crippen LogP) is 4.68. The van der Waals surface area contributed by atoms with Crippen LogP contribution in [0.15, 0.2) is 47.6 Å². The lowest BCUT2D eigenvalue weighted by Gasteiger charge is -2.07. The second-order valence-corrected chi connectivity index (χ2v) is 7.06. The Labute approximate surface area is 162 Å². The molecular formula is C21H18N4OS. The van der Waals surface area contributed by atoms with E-state index in [1.165, 1.54) is 28.5 Å². The number of aryl methyl sites for hydroxylation is 3. The molecule has 3 aromatic rings. The van der Waals surface area contributed by atoms with Gasteiger partial charge in [0.25, 0.3) is 5.91 Å². The van der Waals surface area contributed by atoms with E-state index in [0.29, 0.717) is 10.7 Å². The van der Waals surface area contributed by atoms with Gasteiger partial charge in [0.1, 0.15) is 11.6 Å². The van der Waals surface area contributed by atoms with Crippen LogP contribution in [0, 0.1) is 32.1 Å². The van der Waals surface area contributed by atoms with Gasteiger partial charge in [-0.05, 0) is 61.2 Å². The number of rotatable bonds is 4. The van der Waals surface area contributed by atoms with E-state index in [0.717, 1.165) is 16.8 Å². The molecule has 134 valence electrons. The van der Waals surface area contributed by atoms with Crippen LogP contribution in [-0.4, -0.2) is 15.9 Å². The number of nitrogens with one attached hydrogen (secondary N) is 1. The van der Waals surface area contributed by atoms with E-state index in [-0.39, 0.29) is 5.57 Å². The van der Waals surface area contributed by atoms with Crippen LogP contribution >= 0.6 is 11.3 Å². The van der Waals surface area contributed by atoms with Gasteiger partial charge in [-0.3, -0.25) is 15.1 Å². The smallest absolute Gasteiger partial charge is 0.268 e. The largest absolute Gasteiger partial charge is 0.297 e. The van der Waals surface area contributed by atoms with Crippen molar-refractivity contribution in [3.05, 3.63) is 69.9 Å². The molecule has 1 N–H and O–H groups in total. The number of nitrogens with zero attached hydrogens (tertiary/aromatic N) is 3. The van der Waals surface area contributed by atoms with Crippen LogP contribution < -0.4 is 5.32 Å². The number of aromatic nitrogens is 2. The molecule has 2 aromatic heterocycles. The lowest BCUT2D eigenvalue weighted by atomic mass is 9.99. The Bertz CT molecular complexity index is 1060.